The minimum absolute atomic E-state index is 1.16. The van der Waals surface area contributed by atoms with E-state index < -0.39 is 0 Å². The van der Waals surface area contributed by atoms with Crippen molar-refractivity contribution in [3.63, 3.8) is 0 Å². The van der Waals surface area contributed by atoms with Gasteiger partial charge in [0.25, 0.3) is 0 Å². The van der Waals surface area contributed by atoms with Crippen LogP contribution in [-0.2, 0) is 6.42 Å². The molecule has 21 heavy (non-hydrogen) atoms. The van der Waals surface area contributed by atoms with E-state index in [2.05, 4.69) is 68.5 Å². The minimum atomic E-state index is 1.16. The lowest BCUT2D eigenvalue weighted by molar-refractivity contribution is 0.869. The van der Waals surface area contributed by atoms with Crippen LogP contribution in [0, 0.1) is 5.92 Å². The Hall–Kier alpha value is -1.82. The van der Waals surface area contributed by atoms with Crippen LogP contribution in [-0.4, -0.2) is 0 Å². The first-order valence-corrected chi connectivity index (χ1v) is 8.10. The first kappa shape index (κ1) is 14.1. The van der Waals surface area contributed by atoms with Gasteiger partial charge >= 0.3 is 0 Å². The van der Waals surface area contributed by atoms with Gasteiger partial charge in [0, 0.05) is 5.92 Å². The standard InChI is InChI=1S/C21H23/c1-3-9-16-11-5-7-13-18(16)21-15-17-12-6-8-14-19(17)20(21)10-4-2/h5-8,11-15H,3-4,9-10H2,1-2H3. The van der Waals surface area contributed by atoms with Crippen LogP contribution in [0.2, 0.25) is 0 Å². The molecular weight excluding hydrogens is 252 g/mol. The van der Waals surface area contributed by atoms with E-state index in [1.165, 1.54) is 46.6 Å². The van der Waals surface area contributed by atoms with E-state index in [1.807, 2.05) is 0 Å². The summed E-state index contributed by atoms with van der Waals surface area (Å²) in [5.41, 5.74) is 7.16. The zero-order valence-corrected chi connectivity index (χ0v) is 13.0. The lowest BCUT2D eigenvalue weighted by Crippen LogP contribution is -2.02. The first-order chi connectivity index (χ1) is 10.3. The topological polar surface area (TPSA) is 0 Å². The molecule has 1 aliphatic carbocycles. The van der Waals surface area contributed by atoms with Gasteiger partial charge in [0.2, 0.25) is 0 Å². The highest BCUT2D eigenvalue weighted by Crippen LogP contribution is 2.44. The summed E-state index contributed by atoms with van der Waals surface area (Å²) < 4.78 is 0. The normalized spacial score (nSPS) is 14.1. The molecule has 3 rings (SSSR count). The van der Waals surface area contributed by atoms with Gasteiger partial charge < -0.3 is 0 Å². The number of aryl methyl sites for hydroxylation is 1. The number of rotatable bonds is 5. The average Bonchev–Trinajstić information content (AvgIpc) is 2.88. The third kappa shape index (κ3) is 2.68. The summed E-state index contributed by atoms with van der Waals surface area (Å²) in [6, 6.07) is 17.7. The van der Waals surface area contributed by atoms with E-state index >= 15 is 0 Å². The van der Waals surface area contributed by atoms with Crippen molar-refractivity contribution < 1.29 is 0 Å². The van der Waals surface area contributed by atoms with Crippen LogP contribution in [0.1, 0.15) is 55.4 Å². The van der Waals surface area contributed by atoms with Crippen molar-refractivity contribution in [3.8, 4) is 0 Å². The van der Waals surface area contributed by atoms with Gasteiger partial charge in [-0.3, -0.25) is 0 Å². The Morgan fingerprint density at radius 1 is 0.714 bits per heavy atom. The predicted octanol–water partition coefficient (Wildman–Crippen LogP) is 5.92. The second-order valence-electron chi connectivity index (χ2n) is 5.78. The fourth-order valence-electron chi connectivity index (χ4n) is 3.32. The second kappa shape index (κ2) is 6.30. The molecule has 0 heterocycles. The highest BCUT2D eigenvalue weighted by atomic mass is 14.3. The number of benzene rings is 2. The van der Waals surface area contributed by atoms with Crippen LogP contribution < -0.4 is 0 Å². The summed E-state index contributed by atoms with van der Waals surface area (Å²) in [6.07, 6.45) is 7.08. The van der Waals surface area contributed by atoms with Crippen LogP contribution in [0.4, 0.5) is 0 Å². The molecule has 2 aromatic carbocycles. The van der Waals surface area contributed by atoms with E-state index in [1.54, 1.807) is 0 Å². The SMILES string of the molecule is CCC[C]1C(c2ccccc2CCC)=Cc2ccccc21. The van der Waals surface area contributed by atoms with Gasteiger partial charge in [-0.2, -0.15) is 0 Å². The fraction of sp³-hybridized carbons (Fsp3) is 0.286. The maximum absolute atomic E-state index is 2.38. The molecule has 0 unspecified atom stereocenters. The largest absolute Gasteiger partial charge is 0.0653 e. The lowest BCUT2D eigenvalue weighted by atomic mass is 9.85. The van der Waals surface area contributed by atoms with Crippen LogP contribution in [0.15, 0.2) is 48.5 Å². The van der Waals surface area contributed by atoms with E-state index in [9.17, 15) is 0 Å². The quantitative estimate of drug-likeness (QED) is 0.635. The second-order valence-corrected chi connectivity index (χ2v) is 5.78. The maximum Gasteiger partial charge on any atom is 0.0352 e. The van der Waals surface area contributed by atoms with Crippen molar-refractivity contribution in [2.75, 3.05) is 0 Å². The number of fused-ring (bicyclic) bond motifs is 1. The molecule has 0 heteroatoms. The van der Waals surface area contributed by atoms with Crippen molar-refractivity contribution in [2.45, 2.75) is 39.5 Å². The Bertz CT molecular complexity index is 649. The zero-order valence-electron chi connectivity index (χ0n) is 13.0. The molecular formula is C21H23. The Kier molecular flexibility index (Phi) is 4.24. The summed E-state index contributed by atoms with van der Waals surface area (Å²) in [5, 5.41) is 0. The molecule has 0 atom stereocenters. The highest BCUT2D eigenvalue weighted by Gasteiger charge is 2.26. The van der Waals surface area contributed by atoms with E-state index in [4.69, 9.17) is 0 Å². The molecule has 0 amide bonds. The molecule has 0 aromatic heterocycles. The number of hydrogen-bond donors (Lipinski definition) is 0. The molecule has 1 radical (unpaired) electrons. The maximum atomic E-state index is 2.38. The lowest BCUT2D eigenvalue weighted by Gasteiger charge is -2.18. The number of allylic oxidation sites excluding steroid dienone is 1. The Balaban J connectivity index is 2.06. The van der Waals surface area contributed by atoms with Gasteiger partial charge in [0.1, 0.15) is 0 Å². The fourth-order valence-corrected chi connectivity index (χ4v) is 3.32. The van der Waals surface area contributed by atoms with Gasteiger partial charge in [-0.1, -0.05) is 75.2 Å². The molecule has 0 nitrogen and oxygen atoms in total. The summed E-state index contributed by atoms with van der Waals surface area (Å²) in [6.45, 7) is 4.52. The summed E-state index contributed by atoms with van der Waals surface area (Å²) in [5.74, 6) is 1.52. The monoisotopic (exact) mass is 275 g/mol. The van der Waals surface area contributed by atoms with Gasteiger partial charge in [-0.15, -0.1) is 0 Å². The Labute approximate surface area is 128 Å². The van der Waals surface area contributed by atoms with Crippen LogP contribution in [0.3, 0.4) is 0 Å². The highest BCUT2D eigenvalue weighted by molar-refractivity contribution is 5.99. The summed E-state index contributed by atoms with van der Waals surface area (Å²) in [4.78, 5) is 0. The third-order valence-electron chi connectivity index (χ3n) is 4.24. The average molecular weight is 275 g/mol. The molecule has 0 bridgehead atoms. The first-order valence-electron chi connectivity index (χ1n) is 8.10. The molecule has 0 aliphatic heterocycles. The van der Waals surface area contributed by atoms with Crippen molar-refractivity contribution in [2.24, 2.45) is 0 Å². The van der Waals surface area contributed by atoms with Gasteiger partial charge in [-0.05, 0) is 46.7 Å². The van der Waals surface area contributed by atoms with Crippen molar-refractivity contribution in [1.82, 2.24) is 0 Å². The summed E-state index contributed by atoms with van der Waals surface area (Å²) >= 11 is 0. The van der Waals surface area contributed by atoms with Crippen molar-refractivity contribution in [3.05, 3.63) is 76.7 Å². The van der Waals surface area contributed by atoms with Gasteiger partial charge in [0.15, 0.2) is 0 Å². The molecule has 0 fully saturated rings. The van der Waals surface area contributed by atoms with Crippen molar-refractivity contribution in [1.29, 1.82) is 0 Å². The Morgan fingerprint density at radius 2 is 1.38 bits per heavy atom. The Morgan fingerprint density at radius 3 is 2.14 bits per heavy atom. The van der Waals surface area contributed by atoms with Gasteiger partial charge in [-0.25, -0.2) is 0 Å². The van der Waals surface area contributed by atoms with Crippen LogP contribution in [0.25, 0.3) is 11.6 Å². The van der Waals surface area contributed by atoms with E-state index in [-0.39, 0.29) is 0 Å². The van der Waals surface area contributed by atoms with E-state index in [0.717, 1.165) is 12.8 Å². The van der Waals surface area contributed by atoms with E-state index in [0.29, 0.717) is 0 Å². The molecule has 0 saturated carbocycles. The smallest absolute Gasteiger partial charge is 0.0352 e. The molecule has 107 valence electrons. The minimum Gasteiger partial charge on any atom is -0.0653 e. The molecule has 0 N–H and O–H groups in total. The molecule has 0 saturated heterocycles. The number of hydrogen-bond acceptors (Lipinski definition) is 0. The van der Waals surface area contributed by atoms with Gasteiger partial charge in [0.05, 0.1) is 0 Å². The van der Waals surface area contributed by atoms with Crippen LogP contribution in [0.5, 0.6) is 0 Å². The van der Waals surface area contributed by atoms with Crippen molar-refractivity contribution >= 4 is 11.6 Å². The molecule has 2 aromatic rings. The molecule has 1 aliphatic rings. The predicted molar refractivity (Wildman–Crippen MR) is 92.0 cm³/mol. The zero-order chi connectivity index (χ0) is 14.7. The van der Waals surface area contributed by atoms with Crippen LogP contribution >= 0.6 is 0 Å². The summed E-state index contributed by atoms with van der Waals surface area (Å²) in [7, 11) is 0. The molecule has 0 spiro atoms. The third-order valence-corrected chi connectivity index (χ3v) is 4.24.